The van der Waals surface area contributed by atoms with Gasteiger partial charge >= 0.3 is 6.18 Å². The fourth-order valence-corrected chi connectivity index (χ4v) is 2.25. The molecule has 18 heavy (non-hydrogen) atoms. The number of fused-ring (bicyclic) bond motifs is 1. The Morgan fingerprint density at radius 1 is 1.28 bits per heavy atom. The zero-order chi connectivity index (χ0) is 12.9. The van der Waals surface area contributed by atoms with Gasteiger partial charge in [0, 0.05) is 5.92 Å². The van der Waals surface area contributed by atoms with Crippen LogP contribution in [0.1, 0.15) is 36.4 Å². The van der Waals surface area contributed by atoms with E-state index in [-0.39, 0.29) is 11.6 Å². The third kappa shape index (κ3) is 1.53. The van der Waals surface area contributed by atoms with Gasteiger partial charge in [-0.2, -0.15) is 18.3 Å². The van der Waals surface area contributed by atoms with Gasteiger partial charge in [-0.15, -0.1) is 0 Å². The third-order valence-electron chi connectivity index (χ3n) is 3.39. The number of halogens is 3. The summed E-state index contributed by atoms with van der Waals surface area (Å²) in [6.07, 6.45) is 0.599. The first-order valence-electron chi connectivity index (χ1n) is 5.68. The maximum Gasteiger partial charge on any atom is 0.421 e. The molecule has 2 aromatic rings. The molecule has 1 aliphatic rings. The molecule has 0 atom stereocenters. The van der Waals surface area contributed by atoms with Crippen LogP contribution in [0.2, 0.25) is 0 Å². The monoisotopic (exact) mass is 256 g/mol. The van der Waals surface area contributed by atoms with Crippen molar-refractivity contribution in [1.29, 1.82) is 0 Å². The molecule has 0 unspecified atom stereocenters. The second kappa shape index (κ2) is 3.60. The number of rotatable bonds is 1. The van der Waals surface area contributed by atoms with Crippen molar-refractivity contribution in [2.24, 2.45) is 0 Å². The van der Waals surface area contributed by atoms with E-state index in [0.717, 1.165) is 25.5 Å². The van der Waals surface area contributed by atoms with Crippen LogP contribution in [0.3, 0.4) is 0 Å². The lowest BCUT2D eigenvalue weighted by molar-refractivity contribution is -0.136. The number of hydrogen-bond acceptors (Lipinski definition) is 3. The zero-order valence-electron chi connectivity index (χ0n) is 9.41. The summed E-state index contributed by atoms with van der Waals surface area (Å²) in [6, 6.07) is 0. The molecule has 3 rings (SSSR count). The average molecular weight is 256 g/mol. The van der Waals surface area contributed by atoms with Crippen LogP contribution in [-0.4, -0.2) is 14.6 Å². The van der Waals surface area contributed by atoms with Crippen LogP contribution in [0.15, 0.2) is 12.4 Å². The smallest absolute Gasteiger partial charge is 0.396 e. The van der Waals surface area contributed by atoms with E-state index >= 15 is 0 Å². The molecule has 0 amide bonds. The molecular weight excluding hydrogens is 245 g/mol. The van der Waals surface area contributed by atoms with Crippen LogP contribution in [0.25, 0.3) is 5.65 Å². The number of nitrogens with zero attached hydrogens (tertiary/aromatic N) is 3. The fraction of sp³-hybridized carbons (Fsp3) is 0.455. The summed E-state index contributed by atoms with van der Waals surface area (Å²) in [4.78, 5) is 3.76. The minimum Gasteiger partial charge on any atom is -0.396 e. The summed E-state index contributed by atoms with van der Waals surface area (Å²) in [5.74, 6) is 0.191. The predicted octanol–water partition coefficient (Wildman–Crippen LogP) is 2.60. The molecule has 0 bridgehead atoms. The van der Waals surface area contributed by atoms with Crippen LogP contribution >= 0.6 is 0 Å². The van der Waals surface area contributed by atoms with Crippen LogP contribution in [0.5, 0.6) is 0 Å². The Labute approximate surface area is 101 Å². The number of anilines is 1. The van der Waals surface area contributed by atoms with E-state index in [0.29, 0.717) is 11.4 Å². The number of nitrogen functional groups attached to an aromatic ring is 1. The van der Waals surface area contributed by atoms with Gasteiger partial charge in [-0.25, -0.2) is 9.50 Å². The van der Waals surface area contributed by atoms with E-state index in [1.165, 1.54) is 10.7 Å². The number of hydrogen-bond donors (Lipinski definition) is 1. The van der Waals surface area contributed by atoms with Crippen LogP contribution in [0.4, 0.5) is 18.9 Å². The van der Waals surface area contributed by atoms with Crippen molar-refractivity contribution >= 4 is 11.3 Å². The Hall–Kier alpha value is -1.79. The van der Waals surface area contributed by atoms with Gasteiger partial charge < -0.3 is 5.73 Å². The molecule has 7 heteroatoms. The van der Waals surface area contributed by atoms with E-state index < -0.39 is 11.7 Å². The van der Waals surface area contributed by atoms with Crippen molar-refractivity contribution in [1.82, 2.24) is 14.6 Å². The molecule has 0 aliphatic heterocycles. The maximum atomic E-state index is 12.8. The summed E-state index contributed by atoms with van der Waals surface area (Å²) in [7, 11) is 0. The van der Waals surface area contributed by atoms with E-state index in [1.54, 1.807) is 0 Å². The molecule has 1 aliphatic carbocycles. The van der Waals surface area contributed by atoms with Crippen molar-refractivity contribution in [3.8, 4) is 0 Å². The molecule has 96 valence electrons. The maximum absolute atomic E-state index is 12.8. The highest BCUT2D eigenvalue weighted by Gasteiger charge is 2.36. The topological polar surface area (TPSA) is 56.2 Å². The molecule has 1 saturated carbocycles. The summed E-state index contributed by atoms with van der Waals surface area (Å²) < 4.78 is 39.5. The van der Waals surface area contributed by atoms with Crippen LogP contribution in [-0.2, 0) is 6.18 Å². The molecule has 2 aromatic heterocycles. The lowest BCUT2D eigenvalue weighted by Gasteiger charge is -2.27. The Kier molecular flexibility index (Phi) is 2.26. The molecule has 2 N–H and O–H groups in total. The van der Waals surface area contributed by atoms with Gasteiger partial charge in [0.05, 0.1) is 23.8 Å². The molecule has 0 aromatic carbocycles. The molecule has 0 radical (unpaired) electrons. The molecule has 4 nitrogen and oxygen atoms in total. The fourth-order valence-electron chi connectivity index (χ4n) is 2.25. The average Bonchev–Trinajstić information content (AvgIpc) is 2.62. The number of alkyl halides is 3. The Balaban J connectivity index is 2.23. The summed E-state index contributed by atoms with van der Waals surface area (Å²) in [5, 5.41) is 3.80. The highest BCUT2D eigenvalue weighted by atomic mass is 19.4. The van der Waals surface area contributed by atoms with Gasteiger partial charge in [0.1, 0.15) is 5.56 Å². The Morgan fingerprint density at radius 2 is 2.00 bits per heavy atom. The first-order valence-corrected chi connectivity index (χ1v) is 5.68. The van der Waals surface area contributed by atoms with Gasteiger partial charge in [0.25, 0.3) is 0 Å². The summed E-state index contributed by atoms with van der Waals surface area (Å²) >= 11 is 0. The molecule has 0 spiro atoms. The lowest BCUT2D eigenvalue weighted by Crippen LogP contribution is -2.17. The van der Waals surface area contributed by atoms with E-state index in [9.17, 15) is 13.2 Å². The van der Waals surface area contributed by atoms with Crippen LogP contribution in [0, 0.1) is 0 Å². The predicted molar refractivity (Wildman–Crippen MR) is 59.0 cm³/mol. The van der Waals surface area contributed by atoms with E-state index in [2.05, 4.69) is 10.1 Å². The Bertz CT molecular complexity index is 598. The zero-order valence-corrected chi connectivity index (χ0v) is 9.41. The molecular formula is C11H11F3N4. The van der Waals surface area contributed by atoms with Gasteiger partial charge in [0.2, 0.25) is 0 Å². The number of aromatic nitrogens is 3. The number of nitrogens with two attached hydrogens (primary N) is 1. The first-order chi connectivity index (χ1) is 8.48. The van der Waals surface area contributed by atoms with E-state index in [1.807, 2.05) is 0 Å². The summed E-state index contributed by atoms with van der Waals surface area (Å²) in [6.45, 7) is 0. The first kappa shape index (κ1) is 11.3. The second-order valence-corrected chi connectivity index (χ2v) is 4.52. The van der Waals surface area contributed by atoms with Gasteiger partial charge in [0.15, 0.2) is 5.65 Å². The molecule has 1 fully saturated rings. The van der Waals surface area contributed by atoms with Crippen molar-refractivity contribution in [2.45, 2.75) is 31.4 Å². The largest absolute Gasteiger partial charge is 0.421 e. The Morgan fingerprint density at radius 3 is 2.56 bits per heavy atom. The highest BCUT2D eigenvalue weighted by Crippen LogP contribution is 2.40. The summed E-state index contributed by atoms with van der Waals surface area (Å²) in [5.41, 5.74) is 5.89. The lowest BCUT2D eigenvalue weighted by atomic mass is 9.82. The van der Waals surface area contributed by atoms with Crippen molar-refractivity contribution in [3.63, 3.8) is 0 Å². The van der Waals surface area contributed by atoms with Crippen molar-refractivity contribution in [2.75, 3.05) is 5.73 Å². The third-order valence-corrected chi connectivity index (χ3v) is 3.39. The van der Waals surface area contributed by atoms with Gasteiger partial charge in [-0.3, -0.25) is 0 Å². The quantitative estimate of drug-likeness (QED) is 0.853. The van der Waals surface area contributed by atoms with E-state index in [4.69, 9.17) is 5.73 Å². The molecule has 0 saturated heterocycles. The second-order valence-electron chi connectivity index (χ2n) is 4.52. The van der Waals surface area contributed by atoms with Crippen LogP contribution < -0.4 is 5.73 Å². The highest BCUT2D eigenvalue weighted by molar-refractivity contribution is 5.55. The normalized spacial score (nSPS) is 17.1. The standard InChI is InChI=1S/C11H11F3N4/c12-11(13,14)7-4-17-18-9(6-2-1-3-6)8(15)5-16-10(7)18/h4-6H,1-3,15H2. The van der Waals surface area contributed by atoms with Crippen molar-refractivity contribution < 1.29 is 13.2 Å². The minimum atomic E-state index is -4.44. The molecule has 2 heterocycles. The van der Waals surface area contributed by atoms with Crippen molar-refractivity contribution in [3.05, 3.63) is 23.7 Å². The van der Waals surface area contributed by atoms with Gasteiger partial charge in [-0.1, -0.05) is 6.42 Å². The van der Waals surface area contributed by atoms with Gasteiger partial charge in [-0.05, 0) is 12.8 Å². The minimum absolute atomic E-state index is 0.168. The SMILES string of the molecule is Nc1cnc2c(C(F)(F)F)cnn2c1C1CCC1.